The van der Waals surface area contributed by atoms with Crippen molar-refractivity contribution in [1.29, 1.82) is 0 Å². The average Bonchev–Trinajstić information content (AvgIpc) is 2.11. The minimum absolute atomic E-state index is 0.119. The molecule has 0 radical (unpaired) electrons. The maximum Gasteiger partial charge on any atom is 0.410 e. The number of hydrogen-bond donors (Lipinski definition) is 2. The number of amides is 1. The topological polar surface area (TPSA) is 75.8 Å². The standard InChI is InChI=1S/C10H22N2O3/c1-7(8(13)6-11)12(5)9(14)15-10(2,3)4/h7-8,13H,6,11H2,1-5H3. The van der Waals surface area contributed by atoms with Gasteiger partial charge in [-0.25, -0.2) is 4.79 Å². The van der Waals surface area contributed by atoms with Gasteiger partial charge in [-0.3, -0.25) is 0 Å². The van der Waals surface area contributed by atoms with Crippen molar-refractivity contribution in [1.82, 2.24) is 4.90 Å². The van der Waals surface area contributed by atoms with E-state index < -0.39 is 17.8 Å². The van der Waals surface area contributed by atoms with Crippen LogP contribution in [-0.2, 0) is 4.74 Å². The van der Waals surface area contributed by atoms with Gasteiger partial charge in [0, 0.05) is 13.6 Å². The van der Waals surface area contributed by atoms with Crippen LogP contribution in [0.15, 0.2) is 0 Å². The van der Waals surface area contributed by atoms with E-state index in [-0.39, 0.29) is 12.6 Å². The molecular formula is C10H22N2O3. The smallest absolute Gasteiger partial charge is 0.410 e. The highest BCUT2D eigenvalue weighted by Crippen LogP contribution is 2.11. The van der Waals surface area contributed by atoms with E-state index in [1.165, 1.54) is 4.90 Å². The molecule has 0 aliphatic heterocycles. The maximum atomic E-state index is 11.6. The molecule has 5 nitrogen and oxygen atoms in total. The Hall–Kier alpha value is -0.810. The summed E-state index contributed by atoms with van der Waals surface area (Å²) in [5.41, 5.74) is 4.78. The lowest BCUT2D eigenvalue weighted by molar-refractivity contribution is 0.00704. The van der Waals surface area contributed by atoms with Crippen molar-refractivity contribution in [3.63, 3.8) is 0 Å². The Morgan fingerprint density at radius 1 is 1.53 bits per heavy atom. The zero-order valence-corrected chi connectivity index (χ0v) is 10.2. The van der Waals surface area contributed by atoms with Crippen LogP contribution in [0.2, 0.25) is 0 Å². The van der Waals surface area contributed by atoms with E-state index in [0.717, 1.165) is 0 Å². The van der Waals surface area contributed by atoms with Crippen molar-refractivity contribution < 1.29 is 14.6 Å². The normalized spacial score (nSPS) is 15.7. The Kier molecular flexibility index (Phi) is 5.03. The monoisotopic (exact) mass is 218 g/mol. The highest BCUT2D eigenvalue weighted by molar-refractivity contribution is 5.68. The Labute approximate surface area is 91.2 Å². The predicted molar refractivity (Wildman–Crippen MR) is 58.5 cm³/mol. The molecule has 0 aromatic rings. The quantitative estimate of drug-likeness (QED) is 0.725. The molecule has 2 unspecified atom stereocenters. The summed E-state index contributed by atoms with van der Waals surface area (Å²) in [5.74, 6) is 0. The van der Waals surface area contributed by atoms with Gasteiger partial charge in [0.2, 0.25) is 0 Å². The first-order valence-corrected chi connectivity index (χ1v) is 5.03. The lowest BCUT2D eigenvalue weighted by Crippen LogP contribution is -2.47. The fourth-order valence-corrected chi connectivity index (χ4v) is 0.955. The number of carbonyl (C=O) groups excluding carboxylic acids is 1. The molecule has 0 saturated heterocycles. The molecule has 0 heterocycles. The molecule has 0 aromatic heterocycles. The van der Waals surface area contributed by atoms with Gasteiger partial charge in [0.15, 0.2) is 0 Å². The molecule has 15 heavy (non-hydrogen) atoms. The molecule has 0 rings (SSSR count). The van der Waals surface area contributed by atoms with Gasteiger partial charge in [-0.15, -0.1) is 0 Å². The fourth-order valence-electron chi connectivity index (χ4n) is 0.955. The van der Waals surface area contributed by atoms with E-state index >= 15 is 0 Å². The fraction of sp³-hybridized carbons (Fsp3) is 0.900. The third-order valence-electron chi connectivity index (χ3n) is 2.09. The van der Waals surface area contributed by atoms with Gasteiger partial charge in [0.25, 0.3) is 0 Å². The molecule has 0 fully saturated rings. The van der Waals surface area contributed by atoms with E-state index in [2.05, 4.69) is 0 Å². The van der Waals surface area contributed by atoms with Crippen LogP contribution in [0.1, 0.15) is 27.7 Å². The Morgan fingerprint density at radius 3 is 2.33 bits per heavy atom. The summed E-state index contributed by atoms with van der Waals surface area (Å²) in [7, 11) is 1.58. The number of aliphatic hydroxyl groups excluding tert-OH is 1. The van der Waals surface area contributed by atoms with Gasteiger partial charge in [-0.05, 0) is 27.7 Å². The first-order chi connectivity index (χ1) is 6.69. The number of likely N-dealkylation sites (N-methyl/N-ethyl adjacent to an activating group) is 1. The zero-order chi connectivity index (χ0) is 12.2. The van der Waals surface area contributed by atoms with Crippen LogP contribution in [0.3, 0.4) is 0 Å². The molecule has 0 saturated carbocycles. The number of nitrogens with zero attached hydrogens (tertiary/aromatic N) is 1. The number of nitrogens with two attached hydrogens (primary N) is 1. The molecule has 90 valence electrons. The van der Waals surface area contributed by atoms with Gasteiger partial charge in [-0.1, -0.05) is 0 Å². The van der Waals surface area contributed by atoms with Crippen molar-refractivity contribution in [3.05, 3.63) is 0 Å². The third-order valence-corrected chi connectivity index (χ3v) is 2.09. The van der Waals surface area contributed by atoms with E-state index in [0.29, 0.717) is 0 Å². The third kappa shape index (κ3) is 4.99. The molecule has 2 atom stereocenters. The number of hydrogen-bond acceptors (Lipinski definition) is 4. The number of carbonyl (C=O) groups is 1. The minimum Gasteiger partial charge on any atom is -0.444 e. The summed E-state index contributed by atoms with van der Waals surface area (Å²) < 4.78 is 5.15. The minimum atomic E-state index is -0.734. The summed E-state index contributed by atoms with van der Waals surface area (Å²) in [6.45, 7) is 7.23. The second-order valence-corrected chi connectivity index (χ2v) is 4.63. The summed E-state index contributed by atoms with van der Waals surface area (Å²) >= 11 is 0. The van der Waals surface area contributed by atoms with Crippen LogP contribution in [-0.4, -0.2) is 47.4 Å². The van der Waals surface area contributed by atoms with Crippen molar-refractivity contribution in [3.8, 4) is 0 Å². The van der Waals surface area contributed by atoms with Crippen LogP contribution in [0, 0.1) is 0 Å². The summed E-state index contributed by atoms with van der Waals surface area (Å²) in [5, 5.41) is 9.47. The Morgan fingerprint density at radius 2 is 2.00 bits per heavy atom. The highest BCUT2D eigenvalue weighted by Gasteiger charge is 2.26. The molecule has 0 bridgehead atoms. The largest absolute Gasteiger partial charge is 0.444 e. The second kappa shape index (κ2) is 5.32. The van der Waals surface area contributed by atoms with E-state index in [4.69, 9.17) is 10.5 Å². The van der Waals surface area contributed by atoms with Crippen LogP contribution in [0.4, 0.5) is 4.79 Å². The van der Waals surface area contributed by atoms with E-state index in [1.54, 1.807) is 34.7 Å². The molecule has 0 aromatic carbocycles. The Bertz CT molecular complexity index is 213. The highest BCUT2D eigenvalue weighted by atomic mass is 16.6. The first kappa shape index (κ1) is 14.2. The SMILES string of the molecule is CC(C(O)CN)N(C)C(=O)OC(C)(C)C. The van der Waals surface area contributed by atoms with Crippen molar-refractivity contribution in [2.45, 2.75) is 45.4 Å². The average molecular weight is 218 g/mol. The maximum absolute atomic E-state index is 11.6. The first-order valence-electron chi connectivity index (χ1n) is 5.03. The van der Waals surface area contributed by atoms with Gasteiger partial charge in [0.1, 0.15) is 5.60 Å². The van der Waals surface area contributed by atoms with Gasteiger partial charge in [-0.2, -0.15) is 0 Å². The van der Waals surface area contributed by atoms with Gasteiger partial charge in [0.05, 0.1) is 12.1 Å². The van der Waals surface area contributed by atoms with Crippen LogP contribution in [0.5, 0.6) is 0 Å². The number of rotatable bonds is 3. The number of ether oxygens (including phenoxy) is 1. The molecule has 0 aliphatic carbocycles. The van der Waals surface area contributed by atoms with Crippen LogP contribution < -0.4 is 5.73 Å². The lowest BCUT2D eigenvalue weighted by Gasteiger charge is -2.30. The lowest BCUT2D eigenvalue weighted by atomic mass is 10.1. The molecule has 1 amide bonds. The Balaban J connectivity index is 4.32. The summed E-state index contributed by atoms with van der Waals surface area (Å²) in [6, 6.07) is -0.357. The summed E-state index contributed by atoms with van der Waals surface area (Å²) in [4.78, 5) is 12.9. The second-order valence-electron chi connectivity index (χ2n) is 4.63. The number of aliphatic hydroxyl groups is 1. The van der Waals surface area contributed by atoms with Crippen molar-refractivity contribution in [2.24, 2.45) is 5.73 Å². The van der Waals surface area contributed by atoms with Crippen molar-refractivity contribution in [2.75, 3.05) is 13.6 Å². The molecular weight excluding hydrogens is 196 g/mol. The summed E-state index contributed by atoms with van der Waals surface area (Å²) in [6.07, 6.45) is -1.19. The molecule has 0 spiro atoms. The predicted octanol–water partition coefficient (Wildman–Crippen LogP) is 0.561. The molecule has 3 N–H and O–H groups in total. The van der Waals surface area contributed by atoms with Gasteiger partial charge >= 0.3 is 6.09 Å². The van der Waals surface area contributed by atoms with E-state index in [1.807, 2.05) is 0 Å². The van der Waals surface area contributed by atoms with Crippen LogP contribution in [0.25, 0.3) is 0 Å². The van der Waals surface area contributed by atoms with Gasteiger partial charge < -0.3 is 20.5 Å². The van der Waals surface area contributed by atoms with Crippen molar-refractivity contribution >= 4 is 6.09 Å². The van der Waals surface area contributed by atoms with E-state index in [9.17, 15) is 9.90 Å². The van der Waals surface area contributed by atoms with Crippen LogP contribution >= 0.6 is 0 Å². The molecule has 5 heteroatoms. The zero-order valence-electron chi connectivity index (χ0n) is 10.2. The molecule has 0 aliphatic rings.